The van der Waals surface area contributed by atoms with Crippen molar-refractivity contribution in [2.45, 2.75) is 64.3 Å². The molecule has 1 fully saturated rings. The SMILES string of the molecule is CC(CCC(=O)O)NC(=O)NCCC1CCCCC1. The lowest BCUT2D eigenvalue weighted by molar-refractivity contribution is -0.137. The number of carbonyl (C=O) groups is 2. The first-order chi connectivity index (χ1) is 9.08. The largest absolute Gasteiger partial charge is 0.481 e. The molecule has 5 heteroatoms. The van der Waals surface area contributed by atoms with Gasteiger partial charge in [-0.25, -0.2) is 4.79 Å². The van der Waals surface area contributed by atoms with Gasteiger partial charge in [0.15, 0.2) is 0 Å². The van der Waals surface area contributed by atoms with Crippen molar-refractivity contribution in [3.05, 3.63) is 0 Å². The third-order valence-corrected chi connectivity index (χ3v) is 3.73. The van der Waals surface area contributed by atoms with Gasteiger partial charge in [0.1, 0.15) is 0 Å². The number of carboxylic acid groups (broad SMARTS) is 1. The van der Waals surface area contributed by atoms with Crippen LogP contribution in [-0.2, 0) is 4.79 Å². The molecule has 19 heavy (non-hydrogen) atoms. The molecule has 1 saturated carbocycles. The molecule has 0 aromatic rings. The van der Waals surface area contributed by atoms with Crippen molar-refractivity contribution in [3.8, 4) is 0 Å². The summed E-state index contributed by atoms with van der Waals surface area (Å²) in [4.78, 5) is 22.0. The van der Waals surface area contributed by atoms with E-state index in [-0.39, 0.29) is 18.5 Å². The van der Waals surface area contributed by atoms with Crippen molar-refractivity contribution in [2.75, 3.05) is 6.54 Å². The van der Waals surface area contributed by atoms with Crippen LogP contribution in [-0.4, -0.2) is 29.7 Å². The molecular weight excluding hydrogens is 244 g/mol. The van der Waals surface area contributed by atoms with Crippen molar-refractivity contribution in [2.24, 2.45) is 5.92 Å². The molecule has 0 radical (unpaired) electrons. The molecule has 0 aromatic carbocycles. The predicted molar refractivity (Wildman–Crippen MR) is 74.1 cm³/mol. The summed E-state index contributed by atoms with van der Waals surface area (Å²) in [5.41, 5.74) is 0. The topological polar surface area (TPSA) is 78.4 Å². The van der Waals surface area contributed by atoms with Gasteiger partial charge in [0.25, 0.3) is 0 Å². The van der Waals surface area contributed by atoms with Crippen LogP contribution in [0.3, 0.4) is 0 Å². The fourth-order valence-electron chi connectivity index (χ4n) is 2.55. The molecular formula is C14H26N2O3. The molecule has 0 heterocycles. The van der Waals surface area contributed by atoms with Gasteiger partial charge in [0.05, 0.1) is 0 Å². The second kappa shape index (κ2) is 8.77. The number of urea groups is 1. The Morgan fingerprint density at radius 2 is 1.95 bits per heavy atom. The molecule has 1 unspecified atom stereocenters. The number of carbonyl (C=O) groups excluding carboxylic acids is 1. The lowest BCUT2D eigenvalue weighted by Gasteiger charge is -2.21. The highest BCUT2D eigenvalue weighted by Gasteiger charge is 2.14. The van der Waals surface area contributed by atoms with Crippen LogP contribution in [0.25, 0.3) is 0 Å². The summed E-state index contributed by atoms with van der Waals surface area (Å²) >= 11 is 0. The second-order valence-electron chi connectivity index (χ2n) is 5.53. The summed E-state index contributed by atoms with van der Waals surface area (Å²) < 4.78 is 0. The monoisotopic (exact) mass is 270 g/mol. The number of nitrogens with one attached hydrogen (secondary N) is 2. The van der Waals surface area contributed by atoms with Crippen LogP contribution in [0.5, 0.6) is 0 Å². The van der Waals surface area contributed by atoms with E-state index in [1.165, 1.54) is 32.1 Å². The molecule has 0 bridgehead atoms. The van der Waals surface area contributed by atoms with Gasteiger partial charge in [-0.2, -0.15) is 0 Å². The maximum atomic E-state index is 11.6. The first-order valence-electron chi connectivity index (χ1n) is 7.34. The summed E-state index contributed by atoms with van der Waals surface area (Å²) in [5, 5.41) is 14.2. The van der Waals surface area contributed by atoms with Crippen molar-refractivity contribution in [1.82, 2.24) is 10.6 Å². The minimum absolute atomic E-state index is 0.0868. The fourth-order valence-corrected chi connectivity index (χ4v) is 2.55. The Morgan fingerprint density at radius 3 is 2.58 bits per heavy atom. The summed E-state index contributed by atoms with van der Waals surface area (Å²) in [6.45, 7) is 2.53. The van der Waals surface area contributed by atoms with Crippen LogP contribution in [0.4, 0.5) is 4.79 Å². The Hall–Kier alpha value is -1.26. The minimum Gasteiger partial charge on any atom is -0.481 e. The van der Waals surface area contributed by atoms with Gasteiger partial charge < -0.3 is 15.7 Å². The zero-order valence-electron chi connectivity index (χ0n) is 11.8. The van der Waals surface area contributed by atoms with Crippen LogP contribution in [0.2, 0.25) is 0 Å². The number of hydrogen-bond donors (Lipinski definition) is 3. The average Bonchev–Trinajstić information content (AvgIpc) is 2.37. The highest BCUT2D eigenvalue weighted by atomic mass is 16.4. The molecule has 1 aliphatic carbocycles. The van der Waals surface area contributed by atoms with Crippen LogP contribution in [0, 0.1) is 5.92 Å². The van der Waals surface area contributed by atoms with Crippen LogP contribution in [0.1, 0.15) is 58.3 Å². The summed E-state index contributed by atoms with van der Waals surface area (Å²) in [5.74, 6) is -0.0650. The fraction of sp³-hybridized carbons (Fsp3) is 0.857. The zero-order valence-corrected chi connectivity index (χ0v) is 11.8. The van der Waals surface area contributed by atoms with Crippen LogP contribution in [0.15, 0.2) is 0 Å². The Kier molecular flexibility index (Phi) is 7.30. The van der Waals surface area contributed by atoms with Gasteiger partial charge in [0, 0.05) is 19.0 Å². The van der Waals surface area contributed by atoms with Crippen molar-refractivity contribution in [3.63, 3.8) is 0 Å². The Bertz CT molecular complexity index is 288. The van der Waals surface area contributed by atoms with Crippen LogP contribution < -0.4 is 10.6 Å². The van der Waals surface area contributed by atoms with Gasteiger partial charge in [-0.05, 0) is 25.7 Å². The number of rotatable bonds is 7. The predicted octanol–water partition coefficient (Wildman–Crippen LogP) is 2.51. The molecule has 1 atom stereocenters. The number of amides is 2. The molecule has 110 valence electrons. The van der Waals surface area contributed by atoms with Crippen molar-refractivity contribution in [1.29, 1.82) is 0 Å². The molecule has 3 N–H and O–H groups in total. The quantitative estimate of drug-likeness (QED) is 0.665. The molecule has 1 aliphatic rings. The standard InChI is InChI=1S/C14H26N2O3/c1-11(7-8-13(17)18)16-14(19)15-10-9-12-5-3-2-4-6-12/h11-12H,2-10H2,1H3,(H,17,18)(H2,15,16,19). The van der Waals surface area contributed by atoms with E-state index < -0.39 is 5.97 Å². The first kappa shape index (κ1) is 15.8. The van der Waals surface area contributed by atoms with E-state index in [0.29, 0.717) is 13.0 Å². The summed E-state index contributed by atoms with van der Waals surface area (Å²) in [6.07, 6.45) is 8.18. The normalized spacial score (nSPS) is 17.7. The smallest absolute Gasteiger partial charge is 0.314 e. The highest BCUT2D eigenvalue weighted by molar-refractivity contribution is 5.74. The molecule has 0 aromatic heterocycles. The molecule has 5 nitrogen and oxygen atoms in total. The number of carboxylic acids is 1. The van der Waals surface area contributed by atoms with Gasteiger partial charge in [0.2, 0.25) is 0 Å². The van der Waals surface area contributed by atoms with E-state index in [2.05, 4.69) is 10.6 Å². The minimum atomic E-state index is -0.827. The lowest BCUT2D eigenvalue weighted by Crippen LogP contribution is -2.41. The third kappa shape index (κ3) is 7.70. The van der Waals surface area contributed by atoms with Crippen molar-refractivity contribution >= 4 is 12.0 Å². The number of hydrogen-bond acceptors (Lipinski definition) is 2. The van der Waals surface area contributed by atoms with Gasteiger partial charge in [-0.1, -0.05) is 32.1 Å². The van der Waals surface area contributed by atoms with E-state index in [1.807, 2.05) is 6.92 Å². The molecule has 2 amide bonds. The van der Waals surface area contributed by atoms with Gasteiger partial charge >= 0.3 is 12.0 Å². The first-order valence-corrected chi connectivity index (χ1v) is 7.34. The Labute approximate surface area is 115 Å². The summed E-state index contributed by atoms with van der Waals surface area (Å²) in [6, 6.07) is -0.292. The molecule has 0 saturated heterocycles. The third-order valence-electron chi connectivity index (χ3n) is 3.73. The van der Waals surface area contributed by atoms with Crippen molar-refractivity contribution < 1.29 is 14.7 Å². The zero-order chi connectivity index (χ0) is 14.1. The van der Waals surface area contributed by atoms with Crippen LogP contribution >= 0.6 is 0 Å². The molecule has 1 rings (SSSR count). The Balaban J connectivity index is 2.04. The highest BCUT2D eigenvalue weighted by Crippen LogP contribution is 2.25. The maximum Gasteiger partial charge on any atom is 0.314 e. The average molecular weight is 270 g/mol. The van der Waals surface area contributed by atoms with E-state index in [0.717, 1.165) is 12.3 Å². The van der Waals surface area contributed by atoms with Gasteiger partial charge in [-0.3, -0.25) is 4.79 Å². The van der Waals surface area contributed by atoms with Gasteiger partial charge in [-0.15, -0.1) is 0 Å². The molecule has 0 spiro atoms. The molecule has 0 aliphatic heterocycles. The second-order valence-corrected chi connectivity index (χ2v) is 5.53. The maximum absolute atomic E-state index is 11.6. The number of aliphatic carboxylic acids is 1. The van der Waals surface area contributed by atoms with E-state index in [9.17, 15) is 9.59 Å². The van der Waals surface area contributed by atoms with E-state index >= 15 is 0 Å². The summed E-state index contributed by atoms with van der Waals surface area (Å²) in [7, 11) is 0. The Morgan fingerprint density at radius 1 is 1.26 bits per heavy atom. The van der Waals surface area contributed by atoms with E-state index in [4.69, 9.17) is 5.11 Å². The van der Waals surface area contributed by atoms with E-state index in [1.54, 1.807) is 0 Å². The lowest BCUT2D eigenvalue weighted by atomic mass is 9.87.